The number of esters is 1. The van der Waals surface area contributed by atoms with Gasteiger partial charge in [-0.3, -0.25) is 0 Å². The number of carbonyl (C=O) groups is 1. The summed E-state index contributed by atoms with van der Waals surface area (Å²) in [4.78, 5) is 12.2. The molecule has 0 aliphatic carbocycles. The van der Waals surface area contributed by atoms with Crippen LogP contribution in [0.15, 0.2) is 54.6 Å². The highest BCUT2D eigenvalue weighted by atomic mass is 16.6. The van der Waals surface area contributed by atoms with Crippen LogP contribution in [0.25, 0.3) is 0 Å². The van der Waals surface area contributed by atoms with Gasteiger partial charge in [-0.25, -0.2) is 4.79 Å². The summed E-state index contributed by atoms with van der Waals surface area (Å²) in [6.07, 6.45) is 2.93. The van der Waals surface area contributed by atoms with Crippen molar-refractivity contribution in [3.05, 3.63) is 71.3 Å². The number of cyclic esters (lactones) is 1. The Morgan fingerprint density at radius 1 is 1.00 bits per heavy atom. The Balaban J connectivity index is 2.16. The molecule has 0 saturated carbocycles. The van der Waals surface area contributed by atoms with Gasteiger partial charge in [-0.1, -0.05) is 61.9 Å². The number of ether oxygens (including phenoxy) is 1. The van der Waals surface area contributed by atoms with Crippen LogP contribution < -0.4 is 0 Å². The molecule has 2 nitrogen and oxygen atoms in total. The molecule has 3 rings (SSSR count). The zero-order valence-electron chi connectivity index (χ0n) is 11.6. The summed E-state index contributed by atoms with van der Waals surface area (Å²) >= 11 is 0. The highest BCUT2D eigenvalue weighted by Gasteiger charge is 2.45. The van der Waals surface area contributed by atoms with E-state index in [9.17, 15) is 4.79 Å². The number of unbranched alkanes of at least 4 members (excludes halogenated alkanes) is 1. The maximum absolute atomic E-state index is 12.2. The highest BCUT2D eigenvalue weighted by Crippen LogP contribution is 2.45. The van der Waals surface area contributed by atoms with E-state index < -0.39 is 5.60 Å². The van der Waals surface area contributed by atoms with Crippen molar-refractivity contribution in [1.29, 1.82) is 0 Å². The minimum Gasteiger partial charge on any atom is -0.446 e. The average Bonchev–Trinajstić information content (AvgIpc) is 2.80. The van der Waals surface area contributed by atoms with Crippen LogP contribution in [0.2, 0.25) is 0 Å². The van der Waals surface area contributed by atoms with Crippen molar-refractivity contribution in [2.24, 2.45) is 0 Å². The van der Waals surface area contributed by atoms with Crippen LogP contribution in [0, 0.1) is 0 Å². The molecular formula is C18H18O2. The molecule has 1 atom stereocenters. The van der Waals surface area contributed by atoms with E-state index >= 15 is 0 Å². The predicted octanol–water partition coefficient (Wildman–Crippen LogP) is 4.29. The van der Waals surface area contributed by atoms with Crippen LogP contribution in [-0.2, 0) is 10.3 Å². The van der Waals surface area contributed by atoms with Gasteiger partial charge in [0.15, 0.2) is 5.60 Å². The molecule has 0 radical (unpaired) electrons. The first kappa shape index (κ1) is 12.9. The van der Waals surface area contributed by atoms with E-state index in [1.807, 2.05) is 54.6 Å². The molecule has 0 bridgehead atoms. The second-order valence-electron chi connectivity index (χ2n) is 5.23. The standard InChI is InChI=1S/C18H18O2/c1-2-3-13-18(14-9-5-4-6-10-14)16-12-8-7-11-15(16)17(19)20-18/h4-12H,2-3,13H2,1H3. The number of hydrogen-bond donors (Lipinski definition) is 0. The van der Waals surface area contributed by atoms with Gasteiger partial charge in [-0.05, 0) is 18.9 Å². The van der Waals surface area contributed by atoms with Gasteiger partial charge < -0.3 is 4.74 Å². The Morgan fingerprint density at radius 3 is 2.45 bits per heavy atom. The Bertz CT molecular complexity index is 618. The molecule has 1 unspecified atom stereocenters. The molecule has 0 aromatic heterocycles. The lowest BCUT2D eigenvalue weighted by atomic mass is 9.82. The van der Waals surface area contributed by atoms with Crippen LogP contribution in [0.1, 0.15) is 47.7 Å². The van der Waals surface area contributed by atoms with Crippen molar-refractivity contribution in [1.82, 2.24) is 0 Å². The summed E-state index contributed by atoms with van der Waals surface area (Å²) < 4.78 is 5.87. The van der Waals surface area contributed by atoms with E-state index in [1.165, 1.54) is 0 Å². The molecule has 0 fully saturated rings. The van der Waals surface area contributed by atoms with Gasteiger partial charge in [-0.2, -0.15) is 0 Å². The van der Waals surface area contributed by atoms with Crippen molar-refractivity contribution < 1.29 is 9.53 Å². The van der Waals surface area contributed by atoms with Crippen LogP contribution in [0.4, 0.5) is 0 Å². The van der Waals surface area contributed by atoms with Crippen molar-refractivity contribution in [2.45, 2.75) is 31.8 Å². The number of fused-ring (bicyclic) bond motifs is 1. The maximum Gasteiger partial charge on any atom is 0.339 e. The SMILES string of the molecule is CCCCC1(c2ccccc2)OC(=O)c2ccccc21. The Labute approximate surface area is 119 Å². The molecular weight excluding hydrogens is 248 g/mol. The topological polar surface area (TPSA) is 26.3 Å². The summed E-state index contributed by atoms with van der Waals surface area (Å²) in [7, 11) is 0. The van der Waals surface area contributed by atoms with Gasteiger partial charge in [0, 0.05) is 11.1 Å². The lowest BCUT2D eigenvalue weighted by molar-refractivity contribution is 0.00636. The first-order valence-electron chi connectivity index (χ1n) is 7.16. The minimum atomic E-state index is -0.606. The van der Waals surface area contributed by atoms with Gasteiger partial charge in [-0.15, -0.1) is 0 Å². The molecule has 1 aliphatic rings. The van der Waals surface area contributed by atoms with Crippen LogP contribution in [0.3, 0.4) is 0 Å². The molecule has 2 aromatic carbocycles. The molecule has 1 heterocycles. The third-order valence-electron chi connectivity index (χ3n) is 3.97. The van der Waals surface area contributed by atoms with Gasteiger partial charge in [0.05, 0.1) is 5.56 Å². The molecule has 0 amide bonds. The highest BCUT2D eigenvalue weighted by molar-refractivity contribution is 5.95. The van der Waals surface area contributed by atoms with Gasteiger partial charge in [0.1, 0.15) is 0 Å². The summed E-state index contributed by atoms with van der Waals surface area (Å²) in [5.41, 5.74) is 2.16. The van der Waals surface area contributed by atoms with Crippen molar-refractivity contribution in [3.63, 3.8) is 0 Å². The molecule has 0 N–H and O–H groups in total. The van der Waals surface area contributed by atoms with E-state index in [-0.39, 0.29) is 5.97 Å². The normalized spacial score (nSPS) is 20.6. The third kappa shape index (κ3) is 1.92. The number of benzene rings is 2. The largest absolute Gasteiger partial charge is 0.446 e. The van der Waals surface area contributed by atoms with E-state index in [2.05, 4.69) is 6.92 Å². The predicted molar refractivity (Wildman–Crippen MR) is 78.6 cm³/mol. The van der Waals surface area contributed by atoms with Crippen LogP contribution in [0.5, 0.6) is 0 Å². The smallest absolute Gasteiger partial charge is 0.339 e. The molecule has 20 heavy (non-hydrogen) atoms. The van der Waals surface area contributed by atoms with Gasteiger partial charge in [0.25, 0.3) is 0 Å². The average molecular weight is 266 g/mol. The summed E-state index contributed by atoms with van der Waals surface area (Å²) in [6, 6.07) is 17.8. The quantitative estimate of drug-likeness (QED) is 0.772. The van der Waals surface area contributed by atoms with Crippen molar-refractivity contribution >= 4 is 5.97 Å². The lowest BCUT2D eigenvalue weighted by Gasteiger charge is -2.29. The third-order valence-corrected chi connectivity index (χ3v) is 3.97. The summed E-state index contributed by atoms with van der Waals surface area (Å²) in [6.45, 7) is 2.15. The first-order chi connectivity index (χ1) is 9.78. The van der Waals surface area contributed by atoms with E-state index in [0.29, 0.717) is 5.56 Å². The Morgan fingerprint density at radius 2 is 1.70 bits per heavy atom. The second kappa shape index (κ2) is 5.12. The zero-order chi connectivity index (χ0) is 14.0. The minimum absolute atomic E-state index is 0.208. The van der Waals surface area contributed by atoms with Gasteiger partial charge >= 0.3 is 5.97 Å². The van der Waals surface area contributed by atoms with E-state index in [4.69, 9.17) is 4.74 Å². The second-order valence-corrected chi connectivity index (χ2v) is 5.23. The Kier molecular flexibility index (Phi) is 3.31. The fraction of sp³-hybridized carbons (Fsp3) is 0.278. The molecule has 1 aliphatic heterocycles. The molecule has 0 saturated heterocycles. The number of carbonyl (C=O) groups excluding carboxylic acids is 1. The van der Waals surface area contributed by atoms with E-state index in [0.717, 1.165) is 30.4 Å². The van der Waals surface area contributed by atoms with E-state index in [1.54, 1.807) is 0 Å². The monoisotopic (exact) mass is 266 g/mol. The molecule has 2 aromatic rings. The molecule has 0 spiro atoms. The van der Waals surface area contributed by atoms with Gasteiger partial charge in [0.2, 0.25) is 0 Å². The Hall–Kier alpha value is -2.09. The fourth-order valence-electron chi connectivity index (χ4n) is 2.96. The van der Waals surface area contributed by atoms with Crippen LogP contribution in [-0.4, -0.2) is 5.97 Å². The van der Waals surface area contributed by atoms with Crippen LogP contribution >= 0.6 is 0 Å². The fourth-order valence-corrected chi connectivity index (χ4v) is 2.96. The van der Waals surface area contributed by atoms with Crippen molar-refractivity contribution in [3.8, 4) is 0 Å². The lowest BCUT2D eigenvalue weighted by Crippen LogP contribution is -2.27. The number of rotatable bonds is 4. The first-order valence-corrected chi connectivity index (χ1v) is 7.16. The maximum atomic E-state index is 12.2. The number of hydrogen-bond acceptors (Lipinski definition) is 2. The molecule has 102 valence electrons. The zero-order valence-corrected chi connectivity index (χ0v) is 11.6. The molecule has 2 heteroatoms. The summed E-state index contributed by atoms with van der Waals surface area (Å²) in [5.74, 6) is -0.208. The van der Waals surface area contributed by atoms with Crippen molar-refractivity contribution in [2.75, 3.05) is 0 Å². The summed E-state index contributed by atoms with van der Waals surface area (Å²) in [5, 5.41) is 0.